The fourth-order valence-corrected chi connectivity index (χ4v) is 2.38. The molecule has 2 rings (SSSR count). The van der Waals surface area contributed by atoms with Crippen molar-refractivity contribution in [3.8, 4) is 0 Å². The summed E-state index contributed by atoms with van der Waals surface area (Å²) < 4.78 is 0. The van der Waals surface area contributed by atoms with Gasteiger partial charge in [-0.25, -0.2) is 0 Å². The predicted molar refractivity (Wildman–Crippen MR) is 74.4 cm³/mol. The average Bonchev–Trinajstić information content (AvgIpc) is 2.44. The first-order valence-corrected chi connectivity index (χ1v) is 6.56. The van der Waals surface area contributed by atoms with E-state index in [-0.39, 0.29) is 0 Å². The monoisotopic (exact) mass is 244 g/mol. The molecule has 0 aromatic heterocycles. The molecule has 96 valence electrons. The van der Waals surface area contributed by atoms with E-state index in [2.05, 4.69) is 0 Å². The van der Waals surface area contributed by atoms with Gasteiger partial charge in [0.25, 0.3) is 0 Å². The highest BCUT2D eigenvalue weighted by Gasteiger charge is 2.13. The van der Waals surface area contributed by atoms with Crippen LogP contribution in [0, 0.1) is 0 Å². The van der Waals surface area contributed by atoms with Crippen LogP contribution in [0.15, 0.2) is 36.4 Å². The average molecular weight is 244 g/mol. The molecule has 2 N–H and O–H groups in total. The maximum absolute atomic E-state index is 10.1. The molecular weight excluding hydrogens is 224 g/mol. The van der Waals surface area contributed by atoms with Crippen LogP contribution in [0.1, 0.15) is 50.0 Å². The maximum Gasteiger partial charge on any atom is 0.0793 e. The first-order valence-electron chi connectivity index (χ1n) is 6.56. The van der Waals surface area contributed by atoms with Crippen LogP contribution in [0.4, 0.5) is 0 Å². The normalized spacial score (nSPS) is 14.7. The smallest absolute Gasteiger partial charge is 0.0793 e. The number of hydrogen-bond donors (Lipinski definition) is 2. The van der Waals surface area contributed by atoms with Gasteiger partial charge in [0, 0.05) is 0 Å². The van der Waals surface area contributed by atoms with Crippen LogP contribution in [-0.4, -0.2) is 10.2 Å². The van der Waals surface area contributed by atoms with Gasteiger partial charge in [-0.2, -0.15) is 0 Å². The van der Waals surface area contributed by atoms with Crippen molar-refractivity contribution < 1.29 is 10.2 Å². The topological polar surface area (TPSA) is 40.5 Å². The lowest BCUT2D eigenvalue weighted by Gasteiger charge is -2.16. The summed E-state index contributed by atoms with van der Waals surface area (Å²) in [4.78, 5) is 0. The number of hydrogen-bond acceptors (Lipinski definition) is 2. The summed E-state index contributed by atoms with van der Waals surface area (Å²) in [7, 11) is 0. The molecule has 0 amide bonds. The van der Waals surface area contributed by atoms with Crippen molar-refractivity contribution >= 4 is 10.8 Å². The van der Waals surface area contributed by atoms with Crippen LogP contribution < -0.4 is 0 Å². The minimum absolute atomic E-state index is 0.442. The number of aliphatic hydroxyl groups is 2. The highest BCUT2D eigenvalue weighted by molar-refractivity contribution is 5.89. The quantitative estimate of drug-likeness (QED) is 0.860. The third kappa shape index (κ3) is 2.26. The third-order valence-electron chi connectivity index (χ3n) is 3.48. The Morgan fingerprint density at radius 2 is 1.17 bits per heavy atom. The lowest BCUT2D eigenvalue weighted by molar-refractivity contribution is 0.173. The molecule has 2 aromatic rings. The van der Waals surface area contributed by atoms with Crippen molar-refractivity contribution in [1.29, 1.82) is 0 Å². The van der Waals surface area contributed by atoms with Gasteiger partial charge in [-0.15, -0.1) is 0 Å². The molecule has 0 heterocycles. The van der Waals surface area contributed by atoms with E-state index in [1.807, 2.05) is 50.2 Å². The number of rotatable bonds is 4. The second kappa shape index (κ2) is 5.51. The summed E-state index contributed by atoms with van der Waals surface area (Å²) in [5, 5.41) is 22.2. The van der Waals surface area contributed by atoms with Gasteiger partial charge < -0.3 is 10.2 Å². The van der Waals surface area contributed by atoms with Crippen LogP contribution >= 0.6 is 0 Å². The highest BCUT2D eigenvalue weighted by atomic mass is 16.3. The maximum atomic E-state index is 10.1. The van der Waals surface area contributed by atoms with Gasteiger partial charge in [0.05, 0.1) is 12.2 Å². The summed E-state index contributed by atoms with van der Waals surface area (Å²) in [6, 6.07) is 11.8. The molecule has 2 aromatic carbocycles. The van der Waals surface area contributed by atoms with Gasteiger partial charge in [0.2, 0.25) is 0 Å². The molecule has 0 saturated heterocycles. The molecule has 0 fully saturated rings. The fourth-order valence-electron chi connectivity index (χ4n) is 2.38. The lowest BCUT2D eigenvalue weighted by atomic mass is 9.93. The van der Waals surface area contributed by atoms with E-state index in [4.69, 9.17) is 0 Å². The Kier molecular flexibility index (Phi) is 4.00. The standard InChI is InChI=1S/C16H20O2/c1-3-15(17)13-9-5-8-12-11(13)7-6-10-14(12)16(18)4-2/h5-10,15-18H,3-4H2,1-2H3. The van der Waals surface area contributed by atoms with E-state index in [0.29, 0.717) is 12.8 Å². The number of benzene rings is 2. The molecule has 2 atom stereocenters. The molecule has 0 aliphatic carbocycles. The van der Waals surface area contributed by atoms with E-state index in [1.54, 1.807) is 0 Å². The predicted octanol–water partition coefficient (Wildman–Crippen LogP) is 3.73. The fraction of sp³-hybridized carbons (Fsp3) is 0.375. The van der Waals surface area contributed by atoms with Crippen LogP contribution in [0.5, 0.6) is 0 Å². The summed E-state index contributed by atoms with van der Waals surface area (Å²) in [5.74, 6) is 0. The van der Waals surface area contributed by atoms with Gasteiger partial charge in [-0.05, 0) is 34.7 Å². The van der Waals surface area contributed by atoms with Gasteiger partial charge >= 0.3 is 0 Å². The van der Waals surface area contributed by atoms with Gasteiger partial charge in [-0.1, -0.05) is 50.2 Å². The van der Waals surface area contributed by atoms with E-state index in [9.17, 15) is 10.2 Å². The third-order valence-corrected chi connectivity index (χ3v) is 3.48. The van der Waals surface area contributed by atoms with Crippen molar-refractivity contribution in [3.05, 3.63) is 47.5 Å². The van der Waals surface area contributed by atoms with Gasteiger partial charge in [0.15, 0.2) is 0 Å². The van der Waals surface area contributed by atoms with E-state index < -0.39 is 12.2 Å². The van der Waals surface area contributed by atoms with E-state index in [0.717, 1.165) is 21.9 Å². The largest absolute Gasteiger partial charge is 0.388 e. The second-order valence-electron chi connectivity index (χ2n) is 4.64. The molecule has 0 radical (unpaired) electrons. The molecule has 18 heavy (non-hydrogen) atoms. The molecule has 2 heteroatoms. The molecule has 2 nitrogen and oxygen atoms in total. The zero-order valence-corrected chi connectivity index (χ0v) is 10.9. The van der Waals surface area contributed by atoms with Crippen molar-refractivity contribution in [2.24, 2.45) is 0 Å². The Balaban J connectivity index is 2.65. The van der Waals surface area contributed by atoms with Gasteiger partial charge in [-0.3, -0.25) is 0 Å². The Hall–Kier alpha value is -1.38. The highest BCUT2D eigenvalue weighted by Crippen LogP contribution is 2.31. The molecular formula is C16H20O2. The number of fused-ring (bicyclic) bond motifs is 1. The van der Waals surface area contributed by atoms with Crippen LogP contribution in [0.3, 0.4) is 0 Å². The summed E-state index contributed by atoms with van der Waals surface area (Å²) in [6.07, 6.45) is 0.504. The Labute approximate surface area is 108 Å². The summed E-state index contributed by atoms with van der Waals surface area (Å²) in [6.45, 7) is 3.93. The molecule has 0 aliphatic rings. The first-order chi connectivity index (χ1) is 8.69. The summed E-state index contributed by atoms with van der Waals surface area (Å²) in [5.41, 5.74) is 1.89. The lowest BCUT2D eigenvalue weighted by Crippen LogP contribution is -2.00. The van der Waals surface area contributed by atoms with Crippen molar-refractivity contribution in [2.45, 2.75) is 38.9 Å². The van der Waals surface area contributed by atoms with E-state index >= 15 is 0 Å². The minimum Gasteiger partial charge on any atom is -0.388 e. The van der Waals surface area contributed by atoms with E-state index in [1.165, 1.54) is 0 Å². The Morgan fingerprint density at radius 3 is 1.50 bits per heavy atom. The Bertz CT molecular complexity index is 484. The Morgan fingerprint density at radius 1 is 0.778 bits per heavy atom. The second-order valence-corrected chi connectivity index (χ2v) is 4.64. The summed E-state index contributed by atoms with van der Waals surface area (Å²) >= 11 is 0. The van der Waals surface area contributed by atoms with Crippen molar-refractivity contribution in [2.75, 3.05) is 0 Å². The van der Waals surface area contributed by atoms with Crippen LogP contribution in [0.25, 0.3) is 10.8 Å². The van der Waals surface area contributed by atoms with Crippen LogP contribution in [0.2, 0.25) is 0 Å². The van der Waals surface area contributed by atoms with Crippen molar-refractivity contribution in [1.82, 2.24) is 0 Å². The zero-order valence-electron chi connectivity index (χ0n) is 10.9. The molecule has 0 aliphatic heterocycles. The molecule has 2 unspecified atom stereocenters. The zero-order chi connectivity index (χ0) is 13.1. The van der Waals surface area contributed by atoms with Crippen molar-refractivity contribution in [3.63, 3.8) is 0 Å². The SMILES string of the molecule is CCC(O)c1cccc2c(C(O)CC)cccc12. The number of aliphatic hydroxyl groups excluding tert-OH is 2. The van der Waals surface area contributed by atoms with Gasteiger partial charge in [0.1, 0.15) is 0 Å². The molecule has 0 spiro atoms. The first kappa shape index (κ1) is 13.1. The molecule has 0 saturated carbocycles. The van der Waals surface area contributed by atoms with Crippen LogP contribution in [-0.2, 0) is 0 Å². The minimum atomic E-state index is -0.442. The molecule has 0 bridgehead atoms.